The third-order valence-electron chi connectivity index (χ3n) is 4.15. The van der Waals surface area contributed by atoms with Crippen LogP contribution in [0.2, 0.25) is 0 Å². The van der Waals surface area contributed by atoms with E-state index < -0.39 is 6.04 Å². The lowest BCUT2D eigenvalue weighted by atomic mass is 9.95. The minimum absolute atomic E-state index is 0.202. The number of para-hydroxylation sites is 1. The van der Waals surface area contributed by atoms with Crippen molar-refractivity contribution < 1.29 is 4.79 Å². The predicted molar refractivity (Wildman–Crippen MR) is 101 cm³/mol. The highest BCUT2D eigenvalue weighted by atomic mass is 79.9. The normalized spacial score (nSPS) is 16.0. The second kappa shape index (κ2) is 6.72. The molecule has 1 atom stereocenters. The van der Waals surface area contributed by atoms with Gasteiger partial charge in [-0.2, -0.15) is 4.68 Å². The fourth-order valence-corrected chi connectivity index (χ4v) is 3.43. The highest BCUT2D eigenvalue weighted by Gasteiger charge is 2.34. The first-order valence-corrected chi connectivity index (χ1v) is 8.80. The fourth-order valence-electron chi connectivity index (χ4n) is 3.01. The molecule has 0 spiro atoms. The molecule has 1 aliphatic heterocycles. The zero-order valence-corrected chi connectivity index (χ0v) is 15.4. The zero-order valence-electron chi connectivity index (χ0n) is 13.8. The van der Waals surface area contributed by atoms with Crippen molar-refractivity contribution in [3.63, 3.8) is 0 Å². The molecular weight excluding hydrogens is 396 g/mol. The van der Waals surface area contributed by atoms with E-state index in [0.29, 0.717) is 17.2 Å². The van der Waals surface area contributed by atoms with Crippen LogP contribution in [0.15, 0.2) is 70.3 Å². The third-order valence-corrected chi connectivity index (χ3v) is 4.65. The van der Waals surface area contributed by atoms with Gasteiger partial charge in [-0.15, -0.1) is 0 Å². The molecule has 2 heterocycles. The van der Waals surface area contributed by atoms with E-state index in [9.17, 15) is 4.79 Å². The quantitative estimate of drug-likeness (QED) is 0.691. The molecule has 7 nitrogen and oxygen atoms in total. The number of anilines is 2. The molecule has 1 aromatic heterocycles. The average molecular weight is 411 g/mol. The van der Waals surface area contributed by atoms with Crippen LogP contribution in [0.3, 0.4) is 0 Å². The van der Waals surface area contributed by atoms with Crippen LogP contribution in [0.25, 0.3) is 0 Å². The number of rotatable bonds is 3. The molecule has 2 aromatic carbocycles. The molecule has 1 aliphatic rings. The Morgan fingerprint density at radius 3 is 2.77 bits per heavy atom. The first-order chi connectivity index (χ1) is 12.6. The van der Waals surface area contributed by atoms with Crippen LogP contribution in [-0.2, 0) is 4.79 Å². The molecule has 4 rings (SSSR count). The van der Waals surface area contributed by atoms with Crippen LogP contribution in [0.5, 0.6) is 0 Å². The molecule has 0 radical (unpaired) electrons. The van der Waals surface area contributed by atoms with Crippen molar-refractivity contribution in [3.05, 3.63) is 75.9 Å². The highest BCUT2D eigenvalue weighted by molar-refractivity contribution is 9.10. The van der Waals surface area contributed by atoms with Gasteiger partial charge in [0.15, 0.2) is 0 Å². The molecule has 26 heavy (non-hydrogen) atoms. The summed E-state index contributed by atoms with van der Waals surface area (Å²) < 4.78 is 2.54. The van der Waals surface area contributed by atoms with Crippen molar-refractivity contribution in [2.45, 2.75) is 13.0 Å². The number of hydrogen-bond donors (Lipinski definition) is 2. The summed E-state index contributed by atoms with van der Waals surface area (Å²) in [6.45, 7) is 1.85. The summed E-state index contributed by atoms with van der Waals surface area (Å²) in [7, 11) is 0. The van der Waals surface area contributed by atoms with Gasteiger partial charge in [0.2, 0.25) is 5.95 Å². The number of hydrogen-bond acceptors (Lipinski definition) is 5. The minimum atomic E-state index is -0.428. The monoisotopic (exact) mass is 410 g/mol. The number of benzene rings is 2. The molecule has 2 N–H and O–H groups in total. The number of nitrogens with zero attached hydrogens (tertiary/aromatic N) is 4. The molecule has 0 fully saturated rings. The molecule has 130 valence electrons. The van der Waals surface area contributed by atoms with Crippen LogP contribution in [0.4, 0.5) is 11.6 Å². The van der Waals surface area contributed by atoms with E-state index in [-0.39, 0.29) is 5.91 Å². The van der Waals surface area contributed by atoms with Gasteiger partial charge in [-0.1, -0.05) is 51.4 Å². The number of halogens is 1. The lowest BCUT2D eigenvalue weighted by Gasteiger charge is -2.28. The van der Waals surface area contributed by atoms with Crippen LogP contribution in [-0.4, -0.2) is 26.1 Å². The summed E-state index contributed by atoms with van der Waals surface area (Å²) in [4.78, 5) is 13.1. The Labute approximate surface area is 158 Å². The van der Waals surface area contributed by atoms with Crippen molar-refractivity contribution in [1.82, 2.24) is 20.2 Å². The van der Waals surface area contributed by atoms with Crippen LogP contribution < -0.4 is 10.6 Å². The van der Waals surface area contributed by atoms with Crippen molar-refractivity contribution in [3.8, 4) is 0 Å². The van der Waals surface area contributed by atoms with E-state index in [0.717, 1.165) is 15.7 Å². The summed E-state index contributed by atoms with van der Waals surface area (Å²) in [6.07, 6.45) is 0. The Kier molecular flexibility index (Phi) is 4.26. The SMILES string of the molecule is CC1=C(C(=O)Nc2ccccc2)[C@@H](c2cccc(Br)c2)n2nnnc2N1. The second-order valence-corrected chi connectivity index (χ2v) is 6.80. The van der Waals surface area contributed by atoms with Crippen molar-refractivity contribution >= 4 is 33.5 Å². The lowest BCUT2D eigenvalue weighted by molar-refractivity contribution is -0.113. The summed E-state index contributed by atoms with van der Waals surface area (Å²) in [6, 6.07) is 16.7. The first kappa shape index (κ1) is 16.5. The van der Waals surface area contributed by atoms with E-state index in [4.69, 9.17) is 0 Å². The van der Waals surface area contributed by atoms with E-state index in [1.165, 1.54) is 0 Å². The maximum atomic E-state index is 13.1. The van der Waals surface area contributed by atoms with E-state index in [1.54, 1.807) is 4.68 Å². The van der Waals surface area contributed by atoms with Crippen molar-refractivity contribution in [2.75, 3.05) is 10.6 Å². The topological polar surface area (TPSA) is 84.7 Å². The van der Waals surface area contributed by atoms with Gasteiger partial charge in [-0.05, 0) is 47.2 Å². The Morgan fingerprint density at radius 2 is 2.00 bits per heavy atom. The number of carbonyl (C=O) groups is 1. The van der Waals surface area contributed by atoms with Crippen LogP contribution in [0, 0.1) is 0 Å². The van der Waals surface area contributed by atoms with E-state index in [1.807, 2.05) is 61.5 Å². The van der Waals surface area contributed by atoms with Gasteiger partial charge in [-0.3, -0.25) is 4.79 Å². The van der Waals surface area contributed by atoms with Gasteiger partial charge in [0.05, 0.1) is 5.57 Å². The van der Waals surface area contributed by atoms with Gasteiger partial charge >= 0.3 is 0 Å². The standard InChI is InChI=1S/C18H15BrN6O/c1-11-15(17(26)21-14-8-3-2-4-9-14)16(12-6-5-7-13(19)10-12)25-18(20-11)22-23-24-25/h2-10,16H,1H3,(H,21,26)(H,20,22,24)/t16-/m1/s1. The Bertz CT molecular complexity index is 998. The van der Waals surface area contributed by atoms with Gasteiger partial charge in [-0.25, -0.2) is 0 Å². The molecular formula is C18H15BrN6O. The molecule has 0 saturated carbocycles. The Balaban J connectivity index is 1.78. The van der Waals surface area contributed by atoms with Gasteiger partial charge < -0.3 is 10.6 Å². The van der Waals surface area contributed by atoms with Gasteiger partial charge in [0, 0.05) is 15.9 Å². The smallest absolute Gasteiger partial charge is 0.255 e. The molecule has 0 saturated heterocycles. The van der Waals surface area contributed by atoms with Crippen molar-refractivity contribution in [2.24, 2.45) is 0 Å². The molecule has 3 aromatic rings. The Hall–Kier alpha value is -3.00. The lowest BCUT2D eigenvalue weighted by Crippen LogP contribution is -2.31. The maximum absolute atomic E-state index is 13.1. The van der Waals surface area contributed by atoms with E-state index in [2.05, 4.69) is 42.1 Å². The molecule has 0 unspecified atom stereocenters. The van der Waals surface area contributed by atoms with Gasteiger partial charge in [0.1, 0.15) is 6.04 Å². The predicted octanol–water partition coefficient (Wildman–Crippen LogP) is 3.36. The average Bonchev–Trinajstić information content (AvgIpc) is 3.09. The number of aromatic nitrogens is 4. The summed E-state index contributed by atoms with van der Waals surface area (Å²) in [5.41, 5.74) is 2.91. The largest absolute Gasteiger partial charge is 0.326 e. The molecule has 0 bridgehead atoms. The summed E-state index contributed by atoms with van der Waals surface area (Å²) >= 11 is 3.49. The van der Waals surface area contributed by atoms with Crippen molar-refractivity contribution in [1.29, 1.82) is 0 Å². The van der Waals surface area contributed by atoms with Gasteiger partial charge in [0.25, 0.3) is 5.91 Å². The first-order valence-electron chi connectivity index (χ1n) is 8.01. The van der Waals surface area contributed by atoms with E-state index >= 15 is 0 Å². The molecule has 0 aliphatic carbocycles. The highest BCUT2D eigenvalue weighted by Crippen LogP contribution is 2.35. The molecule has 1 amide bonds. The number of fused-ring (bicyclic) bond motifs is 1. The second-order valence-electron chi connectivity index (χ2n) is 5.89. The third kappa shape index (κ3) is 2.99. The number of amides is 1. The molecule has 8 heteroatoms. The summed E-state index contributed by atoms with van der Waals surface area (Å²) in [5, 5.41) is 17.9. The number of nitrogens with one attached hydrogen (secondary N) is 2. The number of tetrazole rings is 1. The Morgan fingerprint density at radius 1 is 1.19 bits per heavy atom. The van der Waals surface area contributed by atoms with Crippen LogP contribution in [0.1, 0.15) is 18.5 Å². The van der Waals surface area contributed by atoms with Crippen LogP contribution >= 0.6 is 15.9 Å². The number of carbonyl (C=O) groups excluding carboxylic acids is 1. The minimum Gasteiger partial charge on any atom is -0.326 e. The summed E-state index contributed by atoms with van der Waals surface area (Å²) in [5.74, 6) is 0.302. The number of allylic oxidation sites excluding steroid dienone is 1. The zero-order chi connectivity index (χ0) is 18.1. The fraction of sp³-hybridized carbons (Fsp3) is 0.111. The maximum Gasteiger partial charge on any atom is 0.255 e.